The first kappa shape index (κ1) is 17.5. The first-order valence-electron chi connectivity index (χ1n) is 7.37. The van der Waals surface area contributed by atoms with Crippen molar-refractivity contribution in [3.63, 3.8) is 0 Å². The Morgan fingerprint density at radius 3 is 2.48 bits per heavy atom. The summed E-state index contributed by atoms with van der Waals surface area (Å²) in [5.74, 6) is -0.268. The molecule has 0 aliphatic heterocycles. The molecule has 0 aromatic heterocycles. The SMILES string of the molecule is Cc1ccc(NC(=O)CCNC(=O)c2ccccc2C)cc1I. The molecule has 0 fully saturated rings. The predicted octanol–water partition coefficient (Wildman–Crippen LogP) is 3.67. The summed E-state index contributed by atoms with van der Waals surface area (Å²) in [4.78, 5) is 24.0. The summed E-state index contributed by atoms with van der Waals surface area (Å²) in [5.41, 5.74) is 3.51. The maximum Gasteiger partial charge on any atom is 0.251 e. The minimum absolute atomic E-state index is 0.116. The third kappa shape index (κ3) is 5.06. The van der Waals surface area contributed by atoms with Gasteiger partial charge in [0.15, 0.2) is 0 Å². The summed E-state index contributed by atoms with van der Waals surface area (Å²) in [6, 6.07) is 13.2. The van der Waals surface area contributed by atoms with E-state index >= 15 is 0 Å². The molecule has 0 radical (unpaired) electrons. The molecule has 0 saturated heterocycles. The molecule has 5 heteroatoms. The molecule has 0 bridgehead atoms. The van der Waals surface area contributed by atoms with Crippen molar-refractivity contribution in [2.75, 3.05) is 11.9 Å². The second kappa shape index (κ2) is 8.10. The third-order valence-electron chi connectivity index (χ3n) is 3.48. The minimum Gasteiger partial charge on any atom is -0.352 e. The number of nitrogens with one attached hydrogen (secondary N) is 2. The van der Waals surface area contributed by atoms with E-state index in [4.69, 9.17) is 0 Å². The van der Waals surface area contributed by atoms with Gasteiger partial charge in [-0.05, 0) is 65.8 Å². The van der Waals surface area contributed by atoms with E-state index in [9.17, 15) is 9.59 Å². The standard InChI is InChI=1S/C18H19IN2O2/c1-12-5-3-4-6-15(12)18(23)20-10-9-17(22)21-14-8-7-13(2)16(19)11-14/h3-8,11H,9-10H2,1-2H3,(H,20,23)(H,21,22). The van der Waals surface area contributed by atoms with Gasteiger partial charge in [0, 0.05) is 27.8 Å². The zero-order valence-corrected chi connectivity index (χ0v) is 15.3. The molecule has 0 spiro atoms. The van der Waals surface area contributed by atoms with Crippen LogP contribution in [0.15, 0.2) is 42.5 Å². The van der Waals surface area contributed by atoms with Gasteiger partial charge in [0.25, 0.3) is 5.91 Å². The number of hydrogen-bond acceptors (Lipinski definition) is 2. The Hall–Kier alpha value is -1.89. The van der Waals surface area contributed by atoms with Crippen molar-refractivity contribution in [1.29, 1.82) is 0 Å². The average Bonchev–Trinajstić information content (AvgIpc) is 2.51. The maximum absolute atomic E-state index is 12.0. The molecule has 2 amide bonds. The van der Waals surface area contributed by atoms with Crippen molar-refractivity contribution >= 4 is 40.1 Å². The van der Waals surface area contributed by atoms with Crippen LogP contribution in [0.1, 0.15) is 27.9 Å². The van der Waals surface area contributed by atoms with Crippen LogP contribution in [0.25, 0.3) is 0 Å². The van der Waals surface area contributed by atoms with Crippen molar-refractivity contribution < 1.29 is 9.59 Å². The van der Waals surface area contributed by atoms with Crippen LogP contribution >= 0.6 is 22.6 Å². The Kier molecular flexibility index (Phi) is 6.15. The molecule has 0 aliphatic rings. The lowest BCUT2D eigenvalue weighted by molar-refractivity contribution is -0.116. The Morgan fingerprint density at radius 1 is 1.04 bits per heavy atom. The zero-order valence-electron chi connectivity index (χ0n) is 13.2. The number of amides is 2. The molecular weight excluding hydrogens is 403 g/mol. The average molecular weight is 422 g/mol. The second-order valence-electron chi connectivity index (χ2n) is 5.33. The molecule has 0 heterocycles. The van der Waals surface area contributed by atoms with E-state index in [0.29, 0.717) is 12.1 Å². The van der Waals surface area contributed by atoms with Crippen LogP contribution in [0.4, 0.5) is 5.69 Å². The molecule has 4 nitrogen and oxygen atoms in total. The smallest absolute Gasteiger partial charge is 0.251 e. The molecule has 2 rings (SSSR count). The van der Waals surface area contributed by atoms with Gasteiger partial charge in [-0.25, -0.2) is 0 Å². The quantitative estimate of drug-likeness (QED) is 0.723. The highest BCUT2D eigenvalue weighted by Crippen LogP contribution is 2.17. The lowest BCUT2D eigenvalue weighted by atomic mass is 10.1. The fraction of sp³-hybridized carbons (Fsp3) is 0.222. The molecule has 2 aromatic rings. The Balaban J connectivity index is 1.82. The van der Waals surface area contributed by atoms with Gasteiger partial charge in [-0.2, -0.15) is 0 Å². The number of carbonyl (C=O) groups is 2. The van der Waals surface area contributed by atoms with Crippen molar-refractivity contribution in [3.05, 3.63) is 62.7 Å². The van der Waals surface area contributed by atoms with Gasteiger partial charge in [0.05, 0.1) is 0 Å². The number of aryl methyl sites for hydroxylation is 2. The van der Waals surface area contributed by atoms with E-state index in [1.807, 2.05) is 50.2 Å². The molecule has 23 heavy (non-hydrogen) atoms. The summed E-state index contributed by atoms with van der Waals surface area (Å²) in [6.07, 6.45) is 0.238. The minimum atomic E-state index is -0.152. The predicted molar refractivity (Wildman–Crippen MR) is 101 cm³/mol. The molecule has 0 atom stereocenters. The van der Waals surface area contributed by atoms with E-state index in [0.717, 1.165) is 14.8 Å². The lowest BCUT2D eigenvalue weighted by Gasteiger charge is -2.09. The molecule has 2 aromatic carbocycles. The van der Waals surface area contributed by atoms with Crippen molar-refractivity contribution in [3.8, 4) is 0 Å². The highest BCUT2D eigenvalue weighted by molar-refractivity contribution is 14.1. The van der Waals surface area contributed by atoms with Gasteiger partial charge in [-0.1, -0.05) is 24.3 Å². The van der Waals surface area contributed by atoms with Crippen molar-refractivity contribution in [2.24, 2.45) is 0 Å². The summed E-state index contributed by atoms with van der Waals surface area (Å²) in [5, 5.41) is 5.62. The Morgan fingerprint density at radius 2 is 1.78 bits per heavy atom. The summed E-state index contributed by atoms with van der Waals surface area (Å²) in [7, 11) is 0. The van der Waals surface area contributed by atoms with E-state index in [1.165, 1.54) is 5.56 Å². The Labute approximate surface area is 149 Å². The number of hydrogen-bond donors (Lipinski definition) is 2. The van der Waals surface area contributed by atoms with Gasteiger partial charge in [0.2, 0.25) is 5.91 Å². The van der Waals surface area contributed by atoms with Crippen LogP contribution in [-0.4, -0.2) is 18.4 Å². The van der Waals surface area contributed by atoms with E-state index in [-0.39, 0.29) is 18.2 Å². The van der Waals surface area contributed by atoms with Crippen molar-refractivity contribution in [1.82, 2.24) is 5.32 Å². The summed E-state index contributed by atoms with van der Waals surface area (Å²) in [6.45, 7) is 4.22. The van der Waals surface area contributed by atoms with E-state index < -0.39 is 0 Å². The molecule has 0 unspecified atom stereocenters. The number of benzene rings is 2. The monoisotopic (exact) mass is 422 g/mol. The molecule has 0 saturated carbocycles. The van der Waals surface area contributed by atoms with Crippen LogP contribution in [0.5, 0.6) is 0 Å². The maximum atomic E-state index is 12.0. The second-order valence-corrected chi connectivity index (χ2v) is 6.50. The van der Waals surface area contributed by atoms with Crippen LogP contribution in [-0.2, 0) is 4.79 Å². The molecular formula is C18H19IN2O2. The van der Waals surface area contributed by atoms with Crippen LogP contribution < -0.4 is 10.6 Å². The lowest BCUT2D eigenvalue weighted by Crippen LogP contribution is -2.28. The number of carbonyl (C=O) groups excluding carboxylic acids is 2. The van der Waals surface area contributed by atoms with E-state index in [2.05, 4.69) is 33.2 Å². The summed E-state index contributed by atoms with van der Waals surface area (Å²) >= 11 is 2.24. The van der Waals surface area contributed by atoms with Gasteiger partial charge in [-0.3, -0.25) is 9.59 Å². The normalized spacial score (nSPS) is 10.2. The first-order valence-corrected chi connectivity index (χ1v) is 8.45. The van der Waals surface area contributed by atoms with Crippen LogP contribution in [0, 0.1) is 17.4 Å². The van der Waals surface area contributed by atoms with Gasteiger partial charge < -0.3 is 10.6 Å². The largest absolute Gasteiger partial charge is 0.352 e. The first-order chi connectivity index (χ1) is 11.0. The number of halogens is 1. The zero-order chi connectivity index (χ0) is 16.8. The molecule has 120 valence electrons. The number of rotatable bonds is 5. The van der Waals surface area contributed by atoms with Gasteiger partial charge in [-0.15, -0.1) is 0 Å². The van der Waals surface area contributed by atoms with Gasteiger partial charge in [0.1, 0.15) is 0 Å². The van der Waals surface area contributed by atoms with Crippen LogP contribution in [0.3, 0.4) is 0 Å². The fourth-order valence-corrected chi connectivity index (χ4v) is 2.62. The molecule has 0 aliphatic carbocycles. The van der Waals surface area contributed by atoms with Crippen LogP contribution in [0.2, 0.25) is 0 Å². The Bertz CT molecular complexity index is 729. The fourth-order valence-electron chi connectivity index (χ4n) is 2.11. The topological polar surface area (TPSA) is 58.2 Å². The number of anilines is 1. The highest BCUT2D eigenvalue weighted by Gasteiger charge is 2.09. The molecule has 2 N–H and O–H groups in total. The summed E-state index contributed by atoms with van der Waals surface area (Å²) < 4.78 is 1.10. The van der Waals surface area contributed by atoms with Crippen molar-refractivity contribution in [2.45, 2.75) is 20.3 Å². The van der Waals surface area contributed by atoms with Gasteiger partial charge >= 0.3 is 0 Å². The van der Waals surface area contributed by atoms with E-state index in [1.54, 1.807) is 6.07 Å². The third-order valence-corrected chi connectivity index (χ3v) is 4.65. The highest BCUT2D eigenvalue weighted by atomic mass is 127.